The van der Waals surface area contributed by atoms with Crippen molar-refractivity contribution in [1.29, 1.82) is 0 Å². The van der Waals surface area contributed by atoms with Crippen molar-refractivity contribution >= 4 is 33.0 Å². The zero-order valence-electron chi connectivity index (χ0n) is 9.15. The smallest absolute Gasteiger partial charge is 0.0763 e. The van der Waals surface area contributed by atoms with Crippen LogP contribution in [0.1, 0.15) is 10.4 Å². The molecule has 0 amide bonds. The van der Waals surface area contributed by atoms with Gasteiger partial charge in [-0.1, -0.05) is 12.1 Å². The zero-order valence-corrected chi connectivity index (χ0v) is 11.6. The van der Waals surface area contributed by atoms with Crippen LogP contribution in [0.4, 0.5) is 5.69 Å². The standard InChI is InChI=1S/C13H12BrNOS/c14-10-5-12(17-6-10)13(7-16-8-13)9-1-3-11(15)4-2-9/h1-6H,7-8,15H2. The Morgan fingerprint density at radius 3 is 2.41 bits per heavy atom. The second-order valence-corrected chi connectivity index (χ2v) is 6.15. The molecule has 0 saturated carbocycles. The predicted octanol–water partition coefficient (Wildman–Crippen LogP) is 3.41. The monoisotopic (exact) mass is 309 g/mol. The number of nitrogen functional groups attached to an aromatic ring is 1. The zero-order chi connectivity index (χ0) is 11.9. The first-order valence-corrected chi connectivity index (χ1v) is 7.06. The Morgan fingerprint density at radius 1 is 1.24 bits per heavy atom. The third-order valence-electron chi connectivity index (χ3n) is 3.20. The van der Waals surface area contributed by atoms with E-state index >= 15 is 0 Å². The van der Waals surface area contributed by atoms with Crippen LogP contribution in [0, 0.1) is 0 Å². The predicted molar refractivity (Wildman–Crippen MR) is 74.5 cm³/mol. The van der Waals surface area contributed by atoms with E-state index in [2.05, 4.69) is 39.5 Å². The van der Waals surface area contributed by atoms with Gasteiger partial charge >= 0.3 is 0 Å². The van der Waals surface area contributed by atoms with E-state index in [1.165, 1.54) is 10.4 Å². The average Bonchev–Trinajstić information content (AvgIpc) is 2.67. The second kappa shape index (κ2) is 4.12. The van der Waals surface area contributed by atoms with Gasteiger partial charge in [-0.2, -0.15) is 0 Å². The molecular formula is C13H12BrNOS. The molecule has 88 valence electrons. The van der Waals surface area contributed by atoms with Crippen LogP contribution in [-0.2, 0) is 10.2 Å². The van der Waals surface area contributed by atoms with E-state index in [0.717, 1.165) is 23.4 Å². The Labute approximate surface area is 113 Å². The molecular weight excluding hydrogens is 298 g/mol. The minimum Gasteiger partial charge on any atom is -0.399 e. The quantitative estimate of drug-likeness (QED) is 0.863. The number of anilines is 1. The maximum atomic E-state index is 5.74. The van der Waals surface area contributed by atoms with Gasteiger partial charge in [0.1, 0.15) is 0 Å². The molecule has 2 heterocycles. The molecule has 3 rings (SSSR count). The normalized spacial score (nSPS) is 17.7. The van der Waals surface area contributed by atoms with E-state index in [1.807, 2.05) is 12.1 Å². The fourth-order valence-electron chi connectivity index (χ4n) is 2.12. The molecule has 0 atom stereocenters. The van der Waals surface area contributed by atoms with Crippen LogP contribution in [0.25, 0.3) is 0 Å². The van der Waals surface area contributed by atoms with Crippen molar-refractivity contribution in [3.8, 4) is 0 Å². The van der Waals surface area contributed by atoms with Gasteiger partial charge in [0.05, 0.1) is 18.6 Å². The van der Waals surface area contributed by atoms with Gasteiger partial charge < -0.3 is 10.5 Å². The highest BCUT2D eigenvalue weighted by Gasteiger charge is 2.43. The SMILES string of the molecule is Nc1ccc(C2(c3cc(Br)cs3)COC2)cc1. The molecule has 2 nitrogen and oxygen atoms in total. The van der Waals surface area contributed by atoms with Crippen LogP contribution in [0.5, 0.6) is 0 Å². The van der Waals surface area contributed by atoms with Crippen LogP contribution in [0.15, 0.2) is 40.2 Å². The van der Waals surface area contributed by atoms with Crippen LogP contribution in [0.3, 0.4) is 0 Å². The van der Waals surface area contributed by atoms with Gasteiger partial charge in [0.15, 0.2) is 0 Å². The van der Waals surface area contributed by atoms with Gasteiger partial charge in [0, 0.05) is 20.4 Å². The number of halogens is 1. The number of benzene rings is 1. The maximum absolute atomic E-state index is 5.74. The van der Waals surface area contributed by atoms with Gasteiger partial charge in [0.2, 0.25) is 0 Å². The molecule has 1 aliphatic rings. The molecule has 1 saturated heterocycles. The van der Waals surface area contributed by atoms with Gasteiger partial charge in [-0.3, -0.25) is 0 Å². The molecule has 4 heteroatoms. The largest absolute Gasteiger partial charge is 0.399 e. The molecule has 1 aromatic carbocycles. The highest BCUT2D eigenvalue weighted by Crippen LogP contribution is 2.42. The van der Waals surface area contributed by atoms with Crippen molar-refractivity contribution in [2.24, 2.45) is 0 Å². The molecule has 0 unspecified atom stereocenters. The van der Waals surface area contributed by atoms with Crippen LogP contribution >= 0.6 is 27.3 Å². The van der Waals surface area contributed by atoms with E-state index in [4.69, 9.17) is 10.5 Å². The summed E-state index contributed by atoms with van der Waals surface area (Å²) in [7, 11) is 0. The molecule has 1 fully saturated rings. The first-order valence-electron chi connectivity index (χ1n) is 5.39. The van der Waals surface area contributed by atoms with E-state index < -0.39 is 0 Å². The fraction of sp³-hybridized carbons (Fsp3) is 0.231. The molecule has 2 aromatic rings. The number of ether oxygens (including phenoxy) is 1. The lowest BCUT2D eigenvalue weighted by molar-refractivity contribution is -0.0362. The van der Waals surface area contributed by atoms with Crippen LogP contribution in [-0.4, -0.2) is 13.2 Å². The Balaban J connectivity index is 2.05. The summed E-state index contributed by atoms with van der Waals surface area (Å²) in [6.45, 7) is 1.51. The molecule has 0 radical (unpaired) electrons. The highest BCUT2D eigenvalue weighted by molar-refractivity contribution is 9.10. The Hall–Kier alpha value is -0.840. The molecule has 17 heavy (non-hydrogen) atoms. The summed E-state index contributed by atoms with van der Waals surface area (Å²) in [5, 5.41) is 2.12. The molecule has 1 aromatic heterocycles. The summed E-state index contributed by atoms with van der Waals surface area (Å²) >= 11 is 5.28. The fourth-order valence-corrected chi connectivity index (χ4v) is 3.75. The minimum absolute atomic E-state index is 0.0321. The molecule has 0 bridgehead atoms. The number of hydrogen-bond acceptors (Lipinski definition) is 3. The van der Waals surface area contributed by atoms with Gasteiger partial charge in [-0.15, -0.1) is 11.3 Å². The summed E-state index contributed by atoms with van der Waals surface area (Å²) in [5.74, 6) is 0. The third-order valence-corrected chi connectivity index (χ3v) is 5.09. The molecule has 0 aliphatic carbocycles. The Bertz CT molecular complexity index is 531. The number of thiophene rings is 1. The summed E-state index contributed by atoms with van der Waals surface area (Å²) in [6, 6.07) is 10.3. The van der Waals surface area contributed by atoms with Gasteiger partial charge in [-0.05, 0) is 39.7 Å². The van der Waals surface area contributed by atoms with Crippen molar-refractivity contribution in [2.45, 2.75) is 5.41 Å². The first-order chi connectivity index (χ1) is 8.21. The summed E-state index contributed by atoms with van der Waals surface area (Å²) in [4.78, 5) is 1.35. The molecule has 1 aliphatic heterocycles. The van der Waals surface area contributed by atoms with Crippen LogP contribution < -0.4 is 5.73 Å². The topological polar surface area (TPSA) is 35.2 Å². The highest BCUT2D eigenvalue weighted by atomic mass is 79.9. The lowest BCUT2D eigenvalue weighted by Crippen LogP contribution is -2.47. The third kappa shape index (κ3) is 1.80. The van der Waals surface area contributed by atoms with Crippen LogP contribution in [0.2, 0.25) is 0 Å². The van der Waals surface area contributed by atoms with Crippen molar-refractivity contribution in [2.75, 3.05) is 18.9 Å². The van der Waals surface area contributed by atoms with Crippen molar-refractivity contribution in [1.82, 2.24) is 0 Å². The average molecular weight is 310 g/mol. The number of rotatable bonds is 2. The Morgan fingerprint density at radius 2 is 1.94 bits per heavy atom. The first kappa shape index (κ1) is 11.3. The summed E-state index contributed by atoms with van der Waals surface area (Å²) in [5.41, 5.74) is 7.86. The van der Waals surface area contributed by atoms with Gasteiger partial charge in [-0.25, -0.2) is 0 Å². The number of hydrogen-bond donors (Lipinski definition) is 1. The number of nitrogens with two attached hydrogens (primary N) is 1. The van der Waals surface area contributed by atoms with E-state index in [-0.39, 0.29) is 5.41 Å². The van der Waals surface area contributed by atoms with Crippen molar-refractivity contribution < 1.29 is 4.74 Å². The Kier molecular flexibility index (Phi) is 2.73. The summed E-state index contributed by atoms with van der Waals surface area (Å²) < 4.78 is 6.58. The van der Waals surface area contributed by atoms with Crippen molar-refractivity contribution in [3.63, 3.8) is 0 Å². The van der Waals surface area contributed by atoms with E-state index in [1.54, 1.807) is 11.3 Å². The van der Waals surface area contributed by atoms with E-state index in [0.29, 0.717) is 0 Å². The lowest BCUT2D eigenvalue weighted by Gasteiger charge is -2.41. The maximum Gasteiger partial charge on any atom is 0.0763 e. The van der Waals surface area contributed by atoms with E-state index in [9.17, 15) is 0 Å². The van der Waals surface area contributed by atoms with Crippen molar-refractivity contribution in [3.05, 3.63) is 50.6 Å². The molecule has 2 N–H and O–H groups in total. The minimum atomic E-state index is 0.0321. The second-order valence-electron chi connectivity index (χ2n) is 4.33. The van der Waals surface area contributed by atoms with Gasteiger partial charge in [0.25, 0.3) is 0 Å². The summed E-state index contributed by atoms with van der Waals surface area (Å²) in [6.07, 6.45) is 0. The lowest BCUT2D eigenvalue weighted by atomic mass is 9.77. The molecule has 0 spiro atoms.